The van der Waals surface area contributed by atoms with Crippen LogP contribution in [0.15, 0.2) is 21.1 Å². The van der Waals surface area contributed by atoms with Crippen molar-refractivity contribution < 1.29 is 5.11 Å². The summed E-state index contributed by atoms with van der Waals surface area (Å²) in [5, 5.41) is 9.90. The zero-order valence-electron chi connectivity index (χ0n) is 7.22. The summed E-state index contributed by atoms with van der Waals surface area (Å²) in [6.07, 6.45) is 0.637. The molecule has 0 saturated heterocycles. The third-order valence-corrected chi connectivity index (χ3v) is 4.04. The second kappa shape index (κ2) is 3.37. The fourth-order valence-corrected chi connectivity index (χ4v) is 2.97. The Balaban J connectivity index is 2.61. The Morgan fingerprint density at radius 2 is 1.92 bits per heavy atom. The Morgan fingerprint density at radius 3 is 2.54 bits per heavy atom. The zero-order chi connectivity index (χ0) is 9.59. The highest BCUT2D eigenvalue weighted by atomic mass is 79.9. The minimum atomic E-state index is -0.318. The molecule has 0 radical (unpaired) electrons. The topological polar surface area (TPSA) is 20.2 Å². The number of benzene rings is 1. The molecule has 0 spiro atoms. The van der Waals surface area contributed by atoms with Gasteiger partial charge in [0, 0.05) is 8.95 Å². The van der Waals surface area contributed by atoms with Crippen molar-refractivity contribution in [3.05, 3.63) is 32.2 Å². The first kappa shape index (κ1) is 9.69. The van der Waals surface area contributed by atoms with E-state index in [1.165, 1.54) is 5.56 Å². The van der Waals surface area contributed by atoms with E-state index in [1.54, 1.807) is 0 Å². The maximum Gasteiger partial charge on any atom is 0.0832 e. The summed E-state index contributed by atoms with van der Waals surface area (Å²) in [6, 6.07) is 4.00. The average molecular weight is 306 g/mol. The van der Waals surface area contributed by atoms with Crippen molar-refractivity contribution in [2.24, 2.45) is 5.92 Å². The van der Waals surface area contributed by atoms with Gasteiger partial charge in [-0.25, -0.2) is 0 Å². The van der Waals surface area contributed by atoms with Crippen molar-refractivity contribution in [2.75, 3.05) is 0 Å². The summed E-state index contributed by atoms with van der Waals surface area (Å²) in [6.45, 7) is 2.07. The average Bonchev–Trinajstić information content (AvgIpc) is 2.38. The molecule has 1 N–H and O–H groups in total. The number of hydrogen-bond acceptors (Lipinski definition) is 1. The van der Waals surface area contributed by atoms with Crippen LogP contribution in [0.25, 0.3) is 0 Å². The molecule has 1 unspecified atom stereocenters. The van der Waals surface area contributed by atoms with E-state index in [-0.39, 0.29) is 6.10 Å². The summed E-state index contributed by atoms with van der Waals surface area (Å²) in [5.41, 5.74) is 2.30. The van der Waals surface area contributed by atoms with Crippen LogP contribution in [0.3, 0.4) is 0 Å². The molecule has 0 aromatic heterocycles. The molecule has 0 amide bonds. The molecule has 0 heterocycles. The molecule has 1 nitrogen and oxygen atoms in total. The smallest absolute Gasteiger partial charge is 0.0832 e. The van der Waals surface area contributed by atoms with Crippen LogP contribution in [-0.4, -0.2) is 5.11 Å². The van der Waals surface area contributed by atoms with E-state index in [2.05, 4.69) is 38.8 Å². The van der Waals surface area contributed by atoms with Crippen LogP contribution < -0.4 is 0 Å². The molecule has 70 valence electrons. The van der Waals surface area contributed by atoms with Gasteiger partial charge in [-0.05, 0) is 35.6 Å². The van der Waals surface area contributed by atoms with E-state index in [0.29, 0.717) is 5.92 Å². The lowest BCUT2D eigenvalue weighted by molar-refractivity contribution is 0.132. The number of halogens is 2. The van der Waals surface area contributed by atoms with Crippen LogP contribution in [0.1, 0.15) is 24.2 Å². The largest absolute Gasteiger partial charge is 0.388 e. The van der Waals surface area contributed by atoms with Gasteiger partial charge in [0.1, 0.15) is 0 Å². The Hall–Kier alpha value is 0.140. The van der Waals surface area contributed by atoms with Gasteiger partial charge in [0.2, 0.25) is 0 Å². The number of aliphatic hydroxyl groups excluding tert-OH is 1. The van der Waals surface area contributed by atoms with Crippen molar-refractivity contribution in [1.82, 2.24) is 0 Å². The molecule has 0 fully saturated rings. The molecule has 1 aromatic carbocycles. The molecule has 0 aliphatic heterocycles. The molecular formula is C10H10Br2O. The molecule has 1 aliphatic carbocycles. The van der Waals surface area contributed by atoms with Gasteiger partial charge in [-0.1, -0.05) is 38.8 Å². The highest BCUT2D eigenvalue weighted by Crippen LogP contribution is 2.43. The maximum atomic E-state index is 9.90. The molecular weight excluding hydrogens is 296 g/mol. The number of aliphatic hydroxyl groups is 1. The normalized spacial score (nSPS) is 26.2. The summed E-state index contributed by atoms with van der Waals surface area (Å²) >= 11 is 6.97. The maximum absolute atomic E-state index is 9.90. The molecule has 2 atom stereocenters. The summed E-state index contributed by atoms with van der Waals surface area (Å²) in [4.78, 5) is 0. The summed E-state index contributed by atoms with van der Waals surface area (Å²) in [5.74, 6) is 0.324. The van der Waals surface area contributed by atoms with Gasteiger partial charge < -0.3 is 5.11 Å². The van der Waals surface area contributed by atoms with Crippen molar-refractivity contribution in [2.45, 2.75) is 19.4 Å². The van der Waals surface area contributed by atoms with Gasteiger partial charge in [-0.2, -0.15) is 0 Å². The lowest BCUT2D eigenvalue weighted by Crippen LogP contribution is -2.01. The fourth-order valence-electron chi connectivity index (χ4n) is 1.85. The van der Waals surface area contributed by atoms with Gasteiger partial charge in [0.05, 0.1) is 6.10 Å². The molecule has 1 aromatic rings. The predicted molar refractivity (Wildman–Crippen MR) is 59.7 cm³/mol. The SMILES string of the molecule is C[C@H]1Cc2c(Br)ccc(Br)c2C1O. The van der Waals surface area contributed by atoms with Gasteiger partial charge >= 0.3 is 0 Å². The Bertz CT molecular complexity index is 349. The van der Waals surface area contributed by atoms with E-state index in [1.807, 2.05) is 12.1 Å². The monoisotopic (exact) mass is 304 g/mol. The Morgan fingerprint density at radius 1 is 1.31 bits per heavy atom. The molecule has 0 bridgehead atoms. The van der Waals surface area contributed by atoms with Crippen LogP contribution in [0.5, 0.6) is 0 Å². The second-order valence-corrected chi connectivity index (χ2v) is 5.26. The van der Waals surface area contributed by atoms with Crippen molar-refractivity contribution in [3.8, 4) is 0 Å². The van der Waals surface area contributed by atoms with E-state index in [0.717, 1.165) is 20.9 Å². The molecule has 2 rings (SSSR count). The third-order valence-electron chi connectivity index (χ3n) is 2.61. The van der Waals surface area contributed by atoms with Gasteiger partial charge in [0.15, 0.2) is 0 Å². The van der Waals surface area contributed by atoms with Crippen LogP contribution in [0.2, 0.25) is 0 Å². The first-order valence-corrected chi connectivity index (χ1v) is 5.84. The first-order chi connectivity index (χ1) is 6.11. The molecule has 13 heavy (non-hydrogen) atoms. The molecule has 1 aliphatic rings. The van der Waals surface area contributed by atoms with Gasteiger partial charge in [-0.3, -0.25) is 0 Å². The van der Waals surface area contributed by atoms with Crippen LogP contribution in [0, 0.1) is 5.92 Å². The summed E-state index contributed by atoms with van der Waals surface area (Å²) < 4.78 is 2.12. The van der Waals surface area contributed by atoms with Crippen molar-refractivity contribution in [3.63, 3.8) is 0 Å². The zero-order valence-corrected chi connectivity index (χ0v) is 10.4. The quantitative estimate of drug-likeness (QED) is 0.778. The minimum Gasteiger partial charge on any atom is -0.388 e. The number of rotatable bonds is 0. The number of fused-ring (bicyclic) bond motifs is 1. The van der Waals surface area contributed by atoms with E-state index < -0.39 is 0 Å². The lowest BCUT2D eigenvalue weighted by Gasteiger charge is -2.10. The minimum absolute atomic E-state index is 0.318. The van der Waals surface area contributed by atoms with Crippen LogP contribution in [0.4, 0.5) is 0 Å². The second-order valence-electron chi connectivity index (χ2n) is 3.55. The number of hydrogen-bond donors (Lipinski definition) is 1. The fraction of sp³-hybridized carbons (Fsp3) is 0.400. The van der Waals surface area contributed by atoms with E-state index in [4.69, 9.17) is 0 Å². The molecule has 3 heteroatoms. The van der Waals surface area contributed by atoms with Gasteiger partial charge in [-0.15, -0.1) is 0 Å². The highest BCUT2D eigenvalue weighted by molar-refractivity contribution is 9.11. The molecule has 0 saturated carbocycles. The third kappa shape index (κ3) is 1.47. The van der Waals surface area contributed by atoms with Crippen LogP contribution >= 0.6 is 31.9 Å². The van der Waals surface area contributed by atoms with E-state index >= 15 is 0 Å². The van der Waals surface area contributed by atoms with Crippen molar-refractivity contribution >= 4 is 31.9 Å². The standard InChI is InChI=1S/C10H10Br2O/c1-5-4-6-7(11)2-3-8(12)9(6)10(5)13/h2-3,5,10,13H,4H2,1H3/t5-,10?/m0/s1. The lowest BCUT2D eigenvalue weighted by atomic mass is 10.1. The van der Waals surface area contributed by atoms with Crippen LogP contribution in [-0.2, 0) is 6.42 Å². The predicted octanol–water partition coefficient (Wildman–Crippen LogP) is 3.44. The Labute approximate surface area is 94.4 Å². The van der Waals surface area contributed by atoms with Gasteiger partial charge in [0.25, 0.3) is 0 Å². The highest BCUT2D eigenvalue weighted by Gasteiger charge is 2.30. The first-order valence-electron chi connectivity index (χ1n) is 4.26. The van der Waals surface area contributed by atoms with E-state index in [9.17, 15) is 5.11 Å². The summed E-state index contributed by atoms with van der Waals surface area (Å²) in [7, 11) is 0. The van der Waals surface area contributed by atoms with Crippen molar-refractivity contribution in [1.29, 1.82) is 0 Å². The Kier molecular flexibility index (Phi) is 2.51.